The van der Waals surface area contributed by atoms with Gasteiger partial charge in [0.1, 0.15) is 30.5 Å². The number of rotatable bonds is 12. The maximum absolute atomic E-state index is 12.6. The predicted octanol–water partition coefficient (Wildman–Crippen LogP) is 7.79. The van der Waals surface area contributed by atoms with Crippen molar-refractivity contribution in [1.29, 1.82) is 0 Å². The van der Waals surface area contributed by atoms with E-state index in [-0.39, 0.29) is 18.3 Å². The highest BCUT2D eigenvalue weighted by Crippen LogP contribution is 2.30. The fraction of sp³-hybridized carbons (Fsp3) is 0.207. The zero-order chi connectivity index (χ0) is 26.9. The van der Waals surface area contributed by atoms with Crippen LogP contribution in [-0.2, 0) is 13.2 Å². The summed E-state index contributed by atoms with van der Waals surface area (Å²) in [5.41, 5.74) is 1.55. The van der Waals surface area contributed by atoms with Gasteiger partial charge in [-0.25, -0.2) is 0 Å². The molecule has 0 spiro atoms. The fourth-order valence-corrected chi connectivity index (χ4v) is 3.96. The third-order valence-electron chi connectivity index (χ3n) is 5.27. The Balaban J connectivity index is 1.29. The normalized spacial score (nSPS) is 10.6. The number of carbonyl (C=O) groups is 1. The van der Waals surface area contributed by atoms with Crippen LogP contribution < -0.4 is 24.3 Å². The summed E-state index contributed by atoms with van der Waals surface area (Å²) in [5, 5.41) is 3.72. The largest absolute Gasteiger partial charge is 0.490 e. The summed E-state index contributed by atoms with van der Waals surface area (Å²) in [4.78, 5) is 12.6. The van der Waals surface area contributed by atoms with Crippen molar-refractivity contribution in [2.45, 2.75) is 27.1 Å². The Labute approximate surface area is 231 Å². The standard InChI is InChI=1S/C29H27Cl2NO6/c1-3-34-26-12-5-19(15-28(26)35-4-2)17-36-22-9-7-21(8-10-22)32-29(33)27-14-11-23(38-27)18-37-25-13-6-20(30)16-24(25)31/h5-16H,3-4,17-18H2,1-2H3,(H,32,33). The van der Waals surface area contributed by atoms with E-state index in [9.17, 15) is 4.79 Å². The number of ether oxygens (including phenoxy) is 4. The van der Waals surface area contributed by atoms with E-state index in [1.54, 1.807) is 54.6 Å². The molecule has 0 unspecified atom stereocenters. The van der Waals surface area contributed by atoms with Crippen LogP contribution in [0.1, 0.15) is 35.7 Å². The summed E-state index contributed by atoms with van der Waals surface area (Å²) >= 11 is 12.0. The van der Waals surface area contributed by atoms with E-state index in [1.807, 2.05) is 32.0 Å². The second-order valence-electron chi connectivity index (χ2n) is 8.04. The Hall–Kier alpha value is -3.81. The van der Waals surface area contributed by atoms with Crippen LogP contribution in [0.4, 0.5) is 5.69 Å². The lowest BCUT2D eigenvalue weighted by Crippen LogP contribution is -2.10. The van der Waals surface area contributed by atoms with Crippen LogP contribution >= 0.6 is 23.2 Å². The van der Waals surface area contributed by atoms with Gasteiger partial charge < -0.3 is 28.7 Å². The predicted molar refractivity (Wildman–Crippen MR) is 147 cm³/mol. The zero-order valence-corrected chi connectivity index (χ0v) is 22.5. The molecule has 0 atom stereocenters. The summed E-state index contributed by atoms with van der Waals surface area (Å²) in [6.07, 6.45) is 0. The summed E-state index contributed by atoms with van der Waals surface area (Å²) in [5.74, 6) is 2.78. The SMILES string of the molecule is CCOc1ccc(COc2ccc(NC(=O)c3ccc(COc4ccc(Cl)cc4Cl)o3)cc2)cc1OCC. The van der Waals surface area contributed by atoms with Crippen molar-refractivity contribution in [3.05, 3.63) is 99.9 Å². The molecule has 4 rings (SSSR count). The minimum atomic E-state index is -0.382. The maximum atomic E-state index is 12.6. The third-order valence-corrected chi connectivity index (χ3v) is 5.81. The Morgan fingerprint density at radius 3 is 2.24 bits per heavy atom. The van der Waals surface area contributed by atoms with Gasteiger partial charge in [-0.1, -0.05) is 29.3 Å². The van der Waals surface area contributed by atoms with Crippen LogP contribution in [0.15, 0.2) is 77.2 Å². The summed E-state index contributed by atoms with van der Waals surface area (Å²) in [7, 11) is 0. The van der Waals surface area contributed by atoms with E-state index < -0.39 is 0 Å². The monoisotopic (exact) mass is 555 g/mol. The molecule has 7 nitrogen and oxygen atoms in total. The van der Waals surface area contributed by atoms with Crippen molar-refractivity contribution in [1.82, 2.24) is 0 Å². The van der Waals surface area contributed by atoms with Gasteiger partial charge in [0.25, 0.3) is 5.91 Å². The van der Waals surface area contributed by atoms with Gasteiger partial charge in [0.05, 0.1) is 18.2 Å². The highest BCUT2D eigenvalue weighted by atomic mass is 35.5. The smallest absolute Gasteiger partial charge is 0.291 e. The number of furan rings is 1. The van der Waals surface area contributed by atoms with Crippen molar-refractivity contribution in [2.24, 2.45) is 0 Å². The molecule has 1 heterocycles. The molecule has 0 radical (unpaired) electrons. The number of hydrogen-bond donors (Lipinski definition) is 1. The summed E-state index contributed by atoms with van der Waals surface area (Å²) in [6, 6.07) is 21.0. The van der Waals surface area contributed by atoms with Crippen molar-refractivity contribution in [3.8, 4) is 23.0 Å². The Kier molecular flexibility index (Phi) is 9.40. The molecule has 198 valence electrons. The quantitative estimate of drug-likeness (QED) is 0.192. The third kappa shape index (κ3) is 7.37. The fourth-order valence-electron chi connectivity index (χ4n) is 3.50. The summed E-state index contributed by atoms with van der Waals surface area (Å²) < 4.78 is 28.4. The zero-order valence-electron chi connectivity index (χ0n) is 21.0. The molecular formula is C29H27Cl2NO6. The molecule has 0 fully saturated rings. The lowest BCUT2D eigenvalue weighted by atomic mass is 10.2. The number of halogens is 2. The number of amides is 1. The molecule has 38 heavy (non-hydrogen) atoms. The maximum Gasteiger partial charge on any atom is 0.291 e. The van der Waals surface area contributed by atoms with Crippen LogP contribution in [0.2, 0.25) is 10.0 Å². The molecule has 0 aliphatic carbocycles. The average Bonchev–Trinajstić information content (AvgIpc) is 3.39. The van der Waals surface area contributed by atoms with Gasteiger partial charge in [-0.05, 0) is 86.1 Å². The van der Waals surface area contributed by atoms with Gasteiger partial charge in [0, 0.05) is 10.7 Å². The molecule has 0 saturated carbocycles. The molecule has 4 aromatic rings. The van der Waals surface area contributed by atoms with Crippen molar-refractivity contribution < 1.29 is 28.2 Å². The first-order valence-electron chi connectivity index (χ1n) is 12.0. The number of carbonyl (C=O) groups excluding carboxylic acids is 1. The molecule has 0 aliphatic rings. The van der Waals surface area contributed by atoms with E-state index >= 15 is 0 Å². The second kappa shape index (κ2) is 13.1. The van der Waals surface area contributed by atoms with Crippen LogP contribution in [0, 0.1) is 0 Å². The molecular weight excluding hydrogens is 529 g/mol. The van der Waals surface area contributed by atoms with Gasteiger partial charge in [-0.3, -0.25) is 4.79 Å². The Morgan fingerprint density at radius 2 is 1.50 bits per heavy atom. The van der Waals surface area contributed by atoms with Crippen molar-refractivity contribution >= 4 is 34.8 Å². The van der Waals surface area contributed by atoms with Crippen LogP contribution in [0.25, 0.3) is 0 Å². The van der Waals surface area contributed by atoms with Crippen LogP contribution in [0.5, 0.6) is 23.0 Å². The van der Waals surface area contributed by atoms with E-state index in [2.05, 4.69) is 5.32 Å². The molecule has 3 aromatic carbocycles. The molecule has 1 aromatic heterocycles. The van der Waals surface area contributed by atoms with Crippen molar-refractivity contribution in [2.75, 3.05) is 18.5 Å². The average molecular weight is 556 g/mol. The number of anilines is 1. The first-order chi connectivity index (χ1) is 18.4. The van der Waals surface area contributed by atoms with Crippen molar-refractivity contribution in [3.63, 3.8) is 0 Å². The highest BCUT2D eigenvalue weighted by Gasteiger charge is 2.13. The number of nitrogens with one attached hydrogen (secondary N) is 1. The minimum Gasteiger partial charge on any atom is -0.490 e. The van der Waals surface area contributed by atoms with E-state index in [1.165, 1.54) is 0 Å². The van der Waals surface area contributed by atoms with E-state index in [4.69, 9.17) is 46.6 Å². The summed E-state index contributed by atoms with van der Waals surface area (Å²) in [6.45, 7) is 5.44. The second-order valence-corrected chi connectivity index (χ2v) is 8.89. The molecule has 1 N–H and O–H groups in total. The van der Waals surface area contributed by atoms with Crippen LogP contribution in [-0.4, -0.2) is 19.1 Å². The Morgan fingerprint density at radius 1 is 0.763 bits per heavy atom. The van der Waals surface area contributed by atoms with Gasteiger partial charge in [0.15, 0.2) is 17.3 Å². The first-order valence-corrected chi connectivity index (χ1v) is 12.8. The lowest BCUT2D eigenvalue weighted by molar-refractivity contribution is 0.0992. The molecule has 0 saturated heterocycles. The molecule has 1 amide bonds. The molecule has 0 aliphatic heterocycles. The van der Waals surface area contributed by atoms with Crippen LogP contribution in [0.3, 0.4) is 0 Å². The van der Waals surface area contributed by atoms with Gasteiger partial charge in [-0.15, -0.1) is 0 Å². The molecule has 0 bridgehead atoms. The number of benzene rings is 3. The lowest BCUT2D eigenvalue weighted by Gasteiger charge is -2.13. The van der Waals surface area contributed by atoms with Gasteiger partial charge >= 0.3 is 0 Å². The van der Waals surface area contributed by atoms with E-state index in [0.717, 1.165) is 5.56 Å². The van der Waals surface area contributed by atoms with Gasteiger partial charge in [-0.2, -0.15) is 0 Å². The minimum absolute atomic E-state index is 0.112. The first kappa shape index (κ1) is 27.2. The Bertz CT molecular complexity index is 1370. The molecule has 9 heteroatoms. The number of hydrogen-bond acceptors (Lipinski definition) is 6. The topological polar surface area (TPSA) is 79.2 Å². The van der Waals surface area contributed by atoms with E-state index in [0.29, 0.717) is 64.3 Å². The van der Waals surface area contributed by atoms with Gasteiger partial charge in [0.2, 0.25) is 0 Å². The highest BCUT2D eigenvalue weighted by molar-refractivity contribution is 6.35.